The molecule has 0 unspecified atom stereocenters. The van der Waals surface area contributed by atoms with Crippen LogP contribution in [-0.4, -0.2) is 87.3 Å². The van der Waals surface area contributed by atoms with Gasteiger partial charge in [0.2, 0.25) is 0 Å². The van der Waals surface area contributed by atoms with Crippen LogP contribution in [0.3, 0.4) is 0 Å². The van der Waals surface area contributed by atoms with Crippen LogP contribution in [0.25, 0.3) is 0 Å². The second-order valence-electron chi connectivity index (χ2n) is 2.86. The van der Waals surface area contributed by atoms with Gasteiger partial charge < -0.3 is 15.1 Å². The Kier molecular flexibility index (Phi) is 35.2. The summed E-state index contributed by atoms with van der Waals surface area (Å²) in [6.45, 7) is 3.75. The number of ketones is 1. The maximum absolute atomic E-state index is 10.4. The number of unbranched alkanes of at least 4 members (excludes halogenated alkanes) is 3. The normalized spacial score (nSPS) is 8.31. The molecule has 0 aromatic rings. The molecule has 0 fully saturated rings. The average molecular weight is 248 g/mol. The third-order valence-electron chi connectivity index (χ3n) is 1.33. The fourth-order valence-electron chi connectivity index (χ4n) is 0.761. The van der Waals surface area contributed by atoms with E-state index >= 15 is 0 Å². The van der Waals surface area contributed by atoms with Gasteiger partial charge in [-0.1, -0.05) is 25.8 Å². The molecule has 0 saturated carbocycles. The molecular formula is C9H19BNa2O4. The zero-order valence-corrected chi connectivity index (χ0v) is 14.8. The van der Waals surface area contributed by atoms with E-state index in [0.717, 1.165) is 6.42 Å². The van der Waals surface area contributed by atoms with Gasteiger partial charge in [-0.25, -0.2) is 0 Å². The third kappa shape index (κ3) is 45.3. The minimum Gasteiger partial charge on any atom is -0.402 e. The van der Waals surface area contributed by atoms with Crippen molar-refractivity contribution in [3.8, 4) is 0 Å². The van der Waals surface area contributed by atoms with Crippen molar-refractivity contribution in [3.05, 3.63) is 12.2 Å². The van der Waals surface area contributed by atoms with Crippen molar-refractivity contribution in [2.75, 3.05) is 0 Å². The van der Waals surface area contributed by atoms with Crippen LogP contribution in [0.4, 0.5) is 0 Å². The zero-order chi connectivity index (χ0) is 11.4. The largest absolute Gasteiger partial charge is 0.631 e. The second-order valence-corrected chi connectivity index (χ2v) is 2.86. The summed E-state index contributed by atoms with van der Waals surface area (Å²) in [6.07, 6.45) is 8.37. The molecule has 0 aromatic heterocycles. The number of carbonyl (C=O) groups excluding carboxylic acids is 1. The molecule has 2 radical (unpaired) electrons. The van der Waals surface area contributed by atoms with Crippen LogP contribution in [0.1, 0.15) is 39.5 Å². The van der Waals surface area contributed by atoms with Gasteiger partial charge >= 0.3 is 7.32 Å². The van der Waals surface area contributed by atoms with Crippen molar-refractivity contribution >= 4 is 72.2 Å². The summed E-state index contributed by atoms with van der Waals surface area (Å²) < 4.78 is 0. The fraction of sp³-hybridized carbons (Fsp3) is 0.667. The maximum atomic E-state index is 10.4. The molecule has 0 spiro atoms. The first-order valence-electron chi connectivity index (χ1n) is 4.72. The predicted molar refractivity (Wildman–Crippen MR) is 67.9 cm³/mol. The van der Waals surface area contributed by atoms with E-state index in [-0.39, 0.29) is 64.9 Å². The third-order valence-corrected chi connectivity index (χ3v) is 1.33. The average Bonchev–Trinajstić information content (AvgIpc) is 2.02. The first-order chi connectivity index (χ1) is 6.50. The first kappa shape index (κ1) is 26.0. The Morgan fingerprint density at radius 3 is 1.94 bits per heavy atom. The van der Waals surface area contributed by atoms with Crippen molar-refractivity contribution in [2.45, 2.75) is 39.5 Å². The molecule has 4 nitrogen and oxygen atoms in total. The van der Waals surface area contributed by atoms with Gasteiger partial charge in [0.05, 0.1) is 0 Å². The molecule has 0 aliphatic rings. The summed E-state index contributed by atoms with van der Waals surface area (Å²) >= 11 is 0. The molecule has 0 bridgehead atoms. The second kappa shape index (κ2) is 21.6. The van der Waals surface area contributed by atoms with Gasteiger partial charge in [-0.05, 0) is 25.8 Å². The molecule has 0 heterocycles. The quantitative estimate of drug-likeness (QED) is 0.360. The summed E-state index contributed by atoms with van der Waals surface area (Å²) in [6, 6.07) is 0. The van der Waals surface area contributed by atoms with E-state index in [1.54, 1.807) is 13.0 Å². The smallest absolute Gasteiger partial charge is 0.402 e. The topological polar surface area (TPSA) is 77.8 Å². The molecule has 0 saturated heterocycles. The van der Waals surface area contributed by atoms with Crippen LogP contribution in [0.2, 0.25) is 0 Å². The standard InChI is InChI=1S/C9H16O.BH3O3.2Na/c1-3-4-5-6-7-8-9(2)10;2-1(3)4;;/h7-8H,3-6H2,1-2H3;2-4H;;. The first-order valence-corrected chi connectivity index (χ1v) is 4.72. The predicted octanol–water partition coefficient (Wildman–Crippen LogP) is -0.101. The number of hydrogen-bond donors (Lipinski definition) is 3. The van der Waals surface area contributed by atoms with Gasteiger partial charge in [0.1, 0.15) is 0 Å². The fourth-order valence-corrected chi connectivity index (χ4v) is 0.761. The Morgan fingerprint density at radius 1 is 1.19 bits per heavy atom. The minimum atomic E-state index is -2.17. The van der Waals surface area contributed by atoms with E-state index in [4.69, 9.17) is 15.1 Å². The van der Waals surface area contributed by atoms with Crippen molar-refractivity contribution in [3.63, 3.8) is 0 Å². The minimum absolute atomic E-state index is 0. The van der Waals surface area contributed by atoms with E-state index in [1.165, 1.54) is 19.3 Å². The molecule has 0 rings (SSSR count). The number of allylic oxidation sites excluding steroid dienone is 2. The van der Waals surface area contributed by atoms with E-state index in [9.17, 15) is 4.79 Å². The van der Waals surface area contributed by atoms with Crippen LogP contribution in [0, 0.1) is 0 Å². The van der Waals surface area contributed by atoms with Gasteiger partial charge in [0.15, 0.2) is 5.78 Å². The van der Waals surface area contributed by atoms with Crippen LogP contribution in [0.15, 0.2) is 12.2 Å². The molecule has 7 heteroatoms. The van der Waals surface area contributed by atoms with Crippen LogP contribution in [0.5, 0.6) is 0 Å². The molecule has 0 atom stereocenters. The Morgan fingerprint density at radius 2 is 1.62 bits per heavy atom. The molecule has 0 aliphatic heterocycles. The Bertz CT molecular complexity index is 163. The zero-order valence-electron chi connectivity index (χ0n) is 10.8. The van der Waals surface area contributed by atoms with Crippen LogP contribution < -0.4 is 0 Å². The Hall–Kier alpha value is 1.35. The van der Waals surface area contributed by atoms with E-state index in [0.29, 0.717) is 0 Å². The molecule has 3 N–H and O–H groups in total. The molecule has 0 amide bonds. The Labute approximate surface area is 142 Å². The SMILES string of the molecule is CCCCCC=CC(C)=O.OB(O)O.[Na].[Na]. The summed E-state index contributed by atoms with van der Waals surface area (Å²) in [4.78, 5) is 10.4. The molecule has 0 aliphatic carbocycles. The number of hydrogen-bond acceptors (Lipinski definition) is 4. The van der Waals surface area contributed by atoms with Gasteiger partial charge in [-0.15, -0.1) is 0 Å². The number of carbonyl (C=O) groups is 1. The molecular weight excluding hydrogens is 229 g/mol. The molecule has 0 aromatic carbocycles. The van der Waals surface area contributed by atoms with Crippen molar-refractivity contribution in [1.29, 1.82) is 0 Å². The van der Waals surface area contributed by atoms with Gasteiger partial charge in [-0.3, -0.25) is 4.79 Å². The van der Waals surface area contributed by atoms with Gasteiger partial charge in [0, 0.05) is 59.1 Å². The maximum Gasteiger partial charge on any atom is 0.631 e. The Balaban J connectivity index is -0.000000105. The van der Waals surface area contributed by atoms with Crippen molar-refractivity contribution in [1.82, 2.24) is 0 Å². The van der Waals surface area contributed by atoms with E-state index < -0.39 is 7.32 Å². The number of rotatable bonds is 5. The van der Waals surface area contributed by atoms with E-state index in [2.05, 4.69) is 6.92 Å². The summed E-state index contributed by atoms with van der Waals surface area (Å²) in [5.74, 6) is 0.150. The van der Waals surface area contributed by atoms with Crippen molar-refractivity contribution in [2.24, 2.45) is 0 Å². The van der Waals surface area contributed by atoms with Crippen LogP contribution in [-0.2, 0) is 4.79 Å². The summed E-state index contributed by atoms with van der Waals surface area (Å²) in [7, 11) is -2.17. The summed E-state index contributed by atoms with van der Waals surface area (Å²) in [5, 5.41) is 21.5. The summed E-state index contributed by atoms with van der Waals surface area (Å²) in [5.41, 5.74) is 0. The van der Waals surface area contributed by atoms with E-state index in [1.807, 2.05) is 6.08 Å². The molecule has 16 heavy (non-hydrogen) atoms. The van der Waals surface area contributed by atoms with Crippen molar-refractivity contribution < 1.29 is 19.9 Å². The molecule has 84 valence electrons. The van der Waals surface area contributed by atoms with Gasteiger partial charge in [-0.2, -0.15) is 0 Å². The van der Waals surface area contributed by atoms with Gasteiger partial charge in [0.25, 0.3) is 0 Å². The monoisotopic (exact) mass is 248 g/mol. The van der Waals surface area contributed by atoms with Crippen LogP contribution >= 0.6 is 0 Å².